The Hall–Kier alpha value is -3.19. The highest BCUT2D eigenvalue weighted by Gasteiger charge is 2.54. The SMILES string of the molecule is CCC(NC(=O)[C@H](C)N(C)C(=O)OC(C)(C)C)C(=O)N1CCC2C1C(c1c[nH]c3cc(F)ccc13)CN2S(C)(=O)=O. The number of halogens is 1. The first-order chi connectivity index (χ1) is 19.0. The smallest absolute Gasteiger partial charge is 0.410 e. The quantitative estimate of drug-likeness (QED) is 0.508. The van der Waals surface area contributed by atoms with Gasteiger partial charge in [0, 0.05) is 49.2 Å². The molecule has 0 radical (unpaired) electrons. The summed E-state index contributed by atoms with van der Waals surface area (Å²) >= 11 is 0. The van der Waals surface area contributed by atoms with E-state index in [1.165, 1.54) is 34.6 Å². The van der Waals surface area contributed by atoms with Crippen molar-refractivity contribution >= 4 is 38.8 Å². The lowest BCUT2D eigenvalue weighted by molar-refractivity contribution is -0.138. The predicted octanol–water partition coefficient (Wildman–Crippen LogP) is 2.79. The Kier molecular flexibility index (Phi) is 8.43. The van der Waals surface area contributed by atoms with E-state index in [0.29, 0.717) is 24.9 Å². The van der Waals surface area contributed by atoms with E-state index >= 15 is 0 Å². The minimum atomic E-state index is -3.57. The van der Waals surface area contributed by atoms with E-state index in [1.807, 2.05) is 0 Å². The van der Waals surface area contributed by atoms with Gasteiger partial charge in [-0.05, 0) is 64.3 Å². The fraction of sp³-hybridized carbons (Fsp3) is 0.607. The number of fused-ring (bicyclic) bond motifs is 2. The summed E-state index contributed by atoms with van der Waals surface area (Å²) in [5.74, 6) is -1.56. The summed E-state index contributed by atoms with van der Waals surface area (Å²) in [7, 11) is -2.11. The number of rotatable bonds is 7. The number of carbonyl (C=O) groups excluding carboxylic acids is 3. The maximum atomic E-state index is 13.9. The van der Waals surface area contributed by atoms with Crippen molar-refractivity contribution in [2.75, 3.05) is 26.4 Å². The Bertz CT molecular complexity index is 1440. The molecule has 0 spiro atoms. The Morgan fingerprint density at radius 3 is 2.56 bits per heavy atom. The third kappa shape index (κ3) is 6.20. The van der Waals surface area contributed by atoms with Gasteiger partial charge in [-0.25, -0.2) is 17.6 Å². The molecule has 3 amide bonds. The molecule has 2 aliphatic rings. The van der Waals surface area contributed by atoms with Crippen LogP contribution in [0.5, 0.6) is 0 Å². The van der Waals surface area contributed by atoms with Crippen LogP contribution in [-0.4, -0.2) is 102 Å². The topological polar surface area (TPSA) is 132 Å². The molecule has 0 aliphatic carbocycles. The van der Waals surface area contributed by atoms with Crippen molar-refractivity contribution in [1.82, 2.24) is 24.4 Å². The second-order valence-corrected chi connectivity index (χ2v) is 13.9. The standard InChI is InChI=1S/C28H40FN5O6S/c1-8-21(31-25(35)16(2)32(6)27(37)40-28(3,4)5)26(36)33-12-11-23-24(33)20(15-34(23)41(7,38)39)19-14-30-22-13-17(29)9-10-18(19)22/h9-10,13-14,16,20-21,23-24,30H,8,11-12,15H2,1-7H3,(H,31,35)/t16-,20?,21?,23?,24?/m0/s1. The van der Waals surface area contributed by atoms with E-state index in [0.717, 1.165) is 10.9 Å². The number of nitrogens with one attached hydrogen (secondary N) is 2. The summed E-state index contributed by atoms with van der Waals surface area (Å²) in [4.78, 5) is 45.5. The molecular weight excluding hydrogens is 553 g/mol. The number of aromatic amines is 1. The predicted molar refractivity (Wildman–Crippen MR) is 152 cm³/mol. The summed E-state index contributed by atoms with van der Waals surface area (Å²) in [6, 6.07) is 1.74. The van der Waals surface area contributed by atoms with E-state index in [1.54, 1.807) is 51.8 Å². The van der Waals surface area contributed by atoms with Gasteiger partial charge in [-0.3, -0.25) is 14.5 Å². The minimum absolute atomic E-state index is 0.184. The van der Waals surface area contributed by atoms with Crippen molar-refractivity contribution < 1.29 is 31.9 Å². The van der Waals surface area contributed by atoms with Crippen molar-refractivity contribution in [1.29, 1.82) is 0 Å². The molecule has 1 aromatic carbocycles. The van der Waals surface area contributed by atoms with Gasteiger partial charge < -0.3 is 19.9 Å². The second kappa shape index (κ2) is 11.2. The van der Waals surface area contributed by atoms with Gasteiger partial charge in [0.05, 0.1) is 12.3 Å². The monoisotopic (exact) mass is 593 g/mol. The van der Waals surface area contributed by atoms with Crippen LogP contribution in [0.25, 0.3) is 10.9 Å². The second-order valence-electron chi connectivity index (χ2n) is 12.0. The molecule has 0 bridgehead atoms. The molecule has 2 N–H and O–H groups in total. The molecule has 2 saturated heterocycles. The van der Waals surface area contributed by atoms with Crippen molar-refractivity contribution in [2.45, 2.75) is 83.1 Å². The van der Waals surface area contributed by atoms with Gasteiger partial charge in [-0.15, -0.1) is 0 Å². The molecule has 11 nitrogen and oxygen atoms in total. The number of ether oxygens (including phenoxy) is 1. The van der Waals surface area contributed by atoms with Gasteiger partial charge in [-0.2, -0.15) is 4.31 Å². The van der Waals surface area contributed by atoms with Crippen LogP contribution in [-0.2, 0) is 24.3 Å². The van der Waals surface area contributed by atoms with Crippen LogP contribution in [0.3, 0.4) is 0 Å². The van der Waals surface area contributed by atoms with Gasteiger partial charge in [0.2, 0.25) is 21.8 Å². The Morgan fingerprint density at radius 1 is 1.27 bits per heavy atom. The zero-order valence-electron chi connectivity index (χ0n) is 24.6. The molecule has 1 aromatic heterocycles. The van der Waals surface area contributed by atoms with Crippen LogP contribution in [0.4, 0.5) is 9.18 Å². The summed E-state index contributed by atoms with van der Waals surface area (Å²) in [5, 5.41) is 3.56. The number of H-pyrrole nitrogens is 1. The Labute approximate surface area is 240 Å². The number of aromatic nitrogens is 1. The van der Waals surface area contributed by atoms with Crippen LogP contribution in [0.1, 0.15) is 58.9 Å². The summed E-state index contributed by atoms with van der Waals surface area (Å²) in [6.45, 7) is 9.04. The van der Waals surface area contributed by atoms with Crippen LogP contribution in [0.2, 0.25) is 0 Å². The summed E-state index contributed by atoms with van der Waals surface area (Å²) < 4.78 is 46.2. The first-order valence-electron chi connectivity index (χ1n) is 13.8. The van der Waals surface area contributed by atoms with Gasteiger partial charge in [-0.1, -0.05) is 6.92 Å². The Morgan fingerprint density at radius 2 is 1.95 bits per heavy atom. The third-order valence-corrected chi connectivity index (χ3v) is 9.30. The zero-order chi connectivity index (χ0) is 30.4. The van der Waals surface area contributed by atoms with Crippen molar-refractivity contribution in [3.63, 3.8) is 0 Å². The summed E-state index contributed by atoms with van der Waals surface area (Å²) in [6.07, 6.45) is 3.02. The lowest BCUT2D eigenvalue weighted by Crippen LogP contribution is -2.55. The molecule has 4 rings (SSSR count). The number of nitrogens with zero attached hydrogens (tertiary/aromatic N) is 3. The number of hydrogen-bond donors (Lipinski definition) is 2. The minimum Gasteiger partial charge on any atom is -0.444 e. The van der Waals surface area contributed by atoms with E-state index in [4.69, 9.17) is 4.74 Å². The number of likely N-dealkylation sites (tertiary alicyclic amines) is 1. The van der Waals surface area contributed by atoms with E-state index in [9.17, 15) is 27.2 Å². The maximum Gasteiger partial charge on any atom is 0.410 e. The number of hydrogen-bond acceptors (Lipinski definition) is 6. The molecule has 3 heterocycles. The maximum absolute atomic E-state index is 13.9. The molecule has 2 aliphatic heterocycles. The van der Waals surface area contributed by atoms with Crippen molar-refractivity contribution in [3.8, 4) is 0 Å². The van der Waals surface area contributed by atoms with Crippen LogP contribution in [0, 0.1) is 5.82 Å². The number of benzene rings is 1. The lowest BCUT2D eigenvalue weighted by atomic mass is 9.91. The largest absolute Gasteiger partial charge is 0.444 e. The Balaban J connectivity index is 1.58. The van der Waals surface area contributed by atoms with E-state index in [-0.39, 0.29) is 18.4 Å². The van der Waals surface area contributed by atoms with Gasteiger partial charge >= 0.3 is 6.09 Å². The first-order valence-corrected chi connectivity index (χ1v) is 15.7. The number of carbonyl (C=O) groups is 3. The van der Waals surface area contributed by atoms with Crippen molar-refractivity contribution in [2.24, 2.45) is 0 Å². The van der Waals surface area contributed by atoms with Gasteiger partial charge in [0.15, 0.2) is 0 Å². The first kappa shape index (κ1) is 30.8. The van der Waals surface area contributed by atoms with Crippen LogP contribution < -0.4 is 5.32 Å². The average molecular weight is 594 g/mol. The highest BCUT2D eigenvalue weighted by molar-refractivity contribution is 7.88. The van der Waals surface area contributed by atoms with Gasteiger partial charge in [0.25, 0.3) is 0 Å². The molecule has 41 heavy (non-hydrogen) atoms. The highest BCUT2D eigenvalue weighted by Crippen LogP contribution is 2.44. The fourth-order valence-electron chi connectivity index (χ4n) is 5.88. The molecule has 13 heteroatoms. The molecule has 5 atom stereocenters. The molecule has 226 valence electrons. The van der Waals surface area contributed by atoms with Gasteiger partial charge in [0.1, 0.15) is 23.5 Å². The van der Waals surface area contributed by atoms with Crippen molar-refractivity contribution in [3.05, 3.63) is 35.8 Å². The molecule has 4 unspecified atom stereocenters. The van der Waals surface area contributed by atoms with E-state index in [2.05, 4.69) is 10.3 Å². The average Bonchev–Trinajstić information content (AvgIpc) is 3.58. The number of likely N-dealkylation sites (N-methyl/N-ethyl adjacent to an activating group) is 1. The van der Waals surface area contributed by atoms with Crippen LogP contribution in [0.15, 0.2) is 24.4 Å². The lowest BCUT2D eigenvalue weighted by Gasteiger charge is -2.33. The normalized spacial score (nSPS) is 22.8. The third-order valence-electron chi connectivity index (χ3n) is 8.03. The van der Waals surface area contributed by atoms with Crippen LogP contribution >= 0.6 is 0 Å². The molecule has 2 fully saturated rings. The highest BCUT2D eigenvalue weighted by atomic mass is 32.2. The molecule has 2 aromatic rings. The zero-order valence-corrected chi connectivity index (χ0v) is 25.4. The number of sulfonamides is 1. The molecule has 0 saturated carbocycles. The van der Waals surface area contributed by atoms with E-state index < -0.39 is 57.6 Å². The number of amides is 3. The molecular formula is C28H40FN5O6S. The summed E-state index contributed by atoms with van der Waals surface area (Å²) in [5.41, 5.74) is 0.671. The fourth-order valence-corrected chi connectivity index (χ4v) is 7.04.